The number of rotatable bonds is 4. The summed E-state index contributed by atoms with van der Waals surface area (Å²) in [5, 5.41) is 17.5. The van der Waals surface area contributed by atoms with Crippen molar-refractivity contribution >= 4 is 56.0 Å². The Morgan fingerprint density at radius 2 is 2.07 bits per heavy atom. The maximum Gasteiger partial charge on any atom is 0.127 e. The zero-order valence-corrected chi connectivity index (χ0v) is 16.8. The SMILES string of the molecule is C=Cc1ncc(-c2c[nH]c3ccc(C(=N)SC(=N)SC)cc23)cc1/C=C\C. The summed E-state index contributed by atoms with van der Waals surface area (Å²) >= 11 is 2.51. The van der Waals surface area contributed by atoms with Crippen LogP contribution < -0.4 is 0 Å². The largest absolute Gasteiger partial charge is 0.361 e. The molecule has 0 aliphatic heterocycles. The minimum absolute atomic E-state index is 0.373. The van der Waals surface area contributed by atoms with Crippen LogP contribution in [-0.2, 0) is 0 Å². The molecule has 0 unspecified atom stereocenters. The molecule has 3 N–H and O–H groups in total. The van der Waals surface area contributed by atoms with Crippen molar-refractivity contribution in [3.63, 3.8) is 0 Å². The zero-order valence-electron chi connectivity index (χ0n) is 15.2. The molecule has 0 amide bonds. The number of thioether (sulfide) groups is 2. The van der Waals surface area contributed by atoms with E-state index in [9.17, 15) is 0 Å². The molecule has 136 valence electrons. The van der Waals surface area contributed by atoms with Crippen LogP contribution in [0.1, 0.15) is 23.7 Å². The quantitative estimate of drug-likeness (QED) is 0.362. The summed E-state index contributed by atoms with van der Waals surface area (Å²) in [6, 6.07) is 7.99. The summed E-state index contributed by atoms with van der Waals surface area (Å²) in [5.41, 5.74) is 5.73. The number of aromatic amines is 1. The molecule has 4 nitrogen and oxygen atoms in total. The Morgan fingerprint density at radius 1 is 1.26 bits per heavy atom. The number of nitrogens with one attached hydrogen (secondary N) is 3. The molecule has 0 aliphatic carbocycles. The zero-order chi connectivity index (χ0) is 19.4. The fourth-order valence-corrected chi connectivity index (χ4v) is 3.83. The van der Waals surface area contributed by atoms with E-state index in [4.69, 9.17) is 10.8 Å². The molecule has 0 saturated carbocycles. The van der Waals surface area contributed by atoms with Gasteiger partial charge in [-0.1, -0.05) is 24.8 Å². The lowest BCUT2D eigenvalue weighted by atomic mass is 10.0. The van der Waals surface area contributed by atoms with Gasteiger partial charge in [0, 0.05) is 45.6 Å². The Kier molecular flexibility index (Phi) is 5.98. The van der Waals surface area contributed by atoms with E-state index in [1.165, 1.54) is 23.5 Å². The number of hydrogen-bond donors (Lipinski definition) is 3. The summed E-state index contributed by atoms with van der Waals surface area (Å²) in [5.74, 6) is 0. The third-order valence-electron chi connectivity index (χ3n) is 4.12. The molecule has 2 aromatic heterocycles. The third kappa shape index (κ3) is 4.07. The lowest BCUT2D eigenvalue weighted by Crippen LogP contribution is -1.96. The maximum absolute atomic E-state index is 8.27. The van der Waals surface area contributed by atoms with Crippen LogP contribution in [-0.4, -0.2) is 25.6 Å². The Bertz CT molecular complexity index is 1060. The Labute approximate surface area is 167 Å². The van der Waals surface area contributed by atoms with Crippen molar-refractivity contribution in [2.24, 2.45) is 0 Å². The fourth-order valence-electron chi connectivity index (χ4n) is 2.82. The van der Waals surface area contributed by atoms with Crippen LogP contribution in [0.2, 0.25) is 0 Å². The lowest BCUT2D eigenvalue weighted by molar-refractivity contribution is 1.28. The summed E-state index contributed by atoms with van der Waals surface area (Å²) in [4.78, 5) is 7.82. The molecule has 0 fully saturated rings. The minimum atomic E-state index is 0.373. The first-order chi connectivity index (χ1) is 13.1. The number of fused-ring (bicyclic) bond motifs is 1. The van der Waals surface area contributed by atoms with E-state index in [1.807, 2.05) is 55.9 Å². The smallest absolute Gasteiger partial charge is 0.127 e. The van der Waals surface area contributed by atoms with E-state index < -0.39 is 0 Å². The van der Waals surface area contributed by atoms with Gasteiger partial charge in [-0.2, -0.15) is 0 Å². The molecule has 0 radical (unpaired) electrons. The number of H-pyrrole nitrogens is 1. The van der Waals surface area contributed by atoms with Gasteiger partial charge in [0.25, 0.3) is 0 Å². The van der Waals surface area contributed by atoms with Gasteiger partial charge in [-0.3, -0.25) is 15.8 Å². The van der Waals surface area contributed by atoms with E-state index in [2.05, 4.69) is 22.6 Å². The predicted octanol–water partition coefficient (Wildman–Crippen LogP) is 6.26. The van der Waals surface area contributed by atoms with Crippen LogP contribution in [0, 0.1) is 10.8 Å². The van der Waals surface area contributed by atoms with Crippen LogP contribution >= 0.6 is 23.5 Å². The first-order valence-corrected chi connectivity index (χ1v) is 10.4. The van der Waals surface area contributed by atoms with Gasteiger partial charge in [0.15, 0.2) is 0 Å². The molecule has 3 rings (SSSR count). The highest BCUT2D eigenvalue weighted by atomic mass is 32.2. The van der Waals surface area contributed by atoms with Gasteiger partial charge in [0.05, 0.1) is 5.69 Å². The molecule has 0 saturated heterocycles. The van der Waals surface area contributed by atoms with Crippen molar-refractivity contribution in [3.05, 3.63) is 66.1 Å². The van der Waals surface area contributed by atoms with Crippen molar-refractivity contribution < 1.29 is 0 Å². The Morgan fingerprint density at radius 3 is 2.78 bits per heavy atom. The van der Waals surface area contributed by atoms with E-state index in [1.54, 1.807) is 6.08 Å². The highest BCUT2D eigenvalue weighted by Gasteiger charge is 2.12. The number of pyridine rings is 1. The molecule has 0 aliphatic rings. The Hall–Kier alpha value is -2.57. The van der Waals surface area contributed by atoms with E-state index in [0.29, 0.717) is 9.42 Å². The first kappa shape index (κ1) is 19.2. The summed E-state index contributed by atoms with van der Waals surface area (Å²) in [6.07, 6.45) is 11.4. The van der Waals surface area contributed by atoms with Gasteiger partial charge in [-0.15, -0.1) is 11.8 Å². The summed E-state index contributed by atoms with van der Waals surface area (Å²) in [7, 11) is 0. The van der Waals surface area contributed by atoms with Crippen LogP contribution in [0.4, 0.5) is 0 Å². The van der Waals surface area contributed by atoms with Crippen molar-refractivity contribution in [2.45, 2.75) is 6.92 Å². The van der Waals surface area contributed by atoms with E-state index in [-0.39, 0.29) is 0 Å². The molecule has 3 aromatic rings. The molecule has 6 heteroatoms. The third-order valence-corrected chi connectivity index (χ3v) is 5.87. The van der Waals surface area contributed by atoms with Gasteiger partial charge >= 0.3 is 0 Å². The molecule has 0 bridgehead atoms. The van der Waals surface area contributed by atoms with Gasteiger partial charge in [0.2, 0.25) is 0 Å². The molecule has 2 heterocycles. The van der Waals surface area contributed by atoms with Crippen LogP contribution in [0.15, 0.2) is 49.3 Å². The van der Waals surface area contributed by atoms with Gasteiger partial charge in [0.1, 0.15) is 9.42 Å². The van der Waals surface area contributed by atoms with Crippen molar-refractivity contribution in [3.8, 4) is 11.1 Å². The number of nitrogens with zero attached hydrogens (tertiary/aromatic N) is 1. The highest BCUT2D eigenvalue weighted by molar-refractivity contribution is 8.44. The predicted molar refractivity (Wildman–Crippen MR) is 122 cm³/mol. The van der Waals surface area contributed by atoms with Crippen molar-refractivity contribution in [1.29, 1.82) is 10.8 Å². The minimum Gasteiger partial charge on any atom is -0.361 e. The topological polar surface area (TPSA) is 76.4 Å². The average Bonchev–Trinajstić information content (AvgIpc) is 3.11. The number of aromatic nitrogens is 2. The van der Waals surface area contributed by atoms with Gasteiger partial charge < -0.3 is 4.98 Å². The summed E-state index contributed by atoms with van der Waals surface area (Å²) in [6.45, 7) is 5.81. The number of allylic oxidation sites excluding steroid dienone is 1. The number of benzene rings is 1. The second-order valence-corrected chi connectivity index (χ2v) is 7.88. The van der Waals surface area contributed by atoms with Crippen molar-refractivity contribution in [2.75, 3.05) is 6.26 Å². The molecule has 0 atom stereocenters. The summed E-state index contributed by atoms with van der Waals surface area (Å²) < 4.78 is 0.412. The number of hydrogen-bond acceptors (Lipinski definition) is 5. The van der Waals surface area contributed by atoms with Crippen molar-refractivity contribution in [1.82, 2.24) is 9.97 Å². The van der Waals surface area contributed by atoms with Crippen LogP contribution in [0.5, 0.6) is 0 Å². The molecule has 27 heavy (non-hydrogen) atoms. The lowest BCUT2D eigenvalue weighted by Gasteiger charge is -2.07. The second kappa shape index (κ2) is 8.41. The average molecular weight is 393 g/mol. The molecular weight excluding hydrogens is 372 g/mol. The monoisotopic (exact) mass is 392 g/mol. The molecule has 1 aromatic carbocycles. The highest BCUT2D eigenvalue weighted by Crippen LogP contribution is 2.31. The maximum atomic E-state index is 8.27. The van der Waals surface area contributed by atoms with E-state index in [0.717, 1.165) is 38.9 Å². The van der Waals surface area contributed by atoms with Crippen LogP contribution in [0.3, 0.4) is 0 Å². The standard InChI is InChI=1S/C21H20N4S2/c1-4-6-13-9-15(11-24-18(13)5-2)17-12-25-19-8-7-14(10-16(17)19)20(22)27-21(23)26-3/h4-12,22-23,25H,2H2,1,3H3/b6-4-,22-20?,23-21?. The fraction of sp³-hybridized carbons (Fsp3) is 0.0952. The normalized spacial score (nSPS) is 11.2. The van der Waals surface area contributed by atoms with Crippen LogP contribution in [0.25, 0.3) is 34.2 Å². The Balaban J connectivity index is 2.06. The van der Waals surface area contributed by atoms with E-state index >= 15 is 0 Å². The first-order valence-electron chi connectivity index (χ1n) is 8.33. The van der Waals surface area contributed by atoms with Gasteiger partial charge in [-0.25, -0.2) is 0 Å². The second-order valence-electron chi connectivity index (χ2n) is 5.79. The molecular formula is C21H20N4S2. The molecule has 0 spiro atoms. The van der Waals surface area contributed by atoms with Gasteiger partial charge in [-0.05, 0) is 49.2 Å².